The zero-order chi connectivity index (χ0) is 20.8. The number of rotatable bonds is 7. The van der Waals surface area contributed by atoms with E-state index in [1.807, 2.05) is 44.2 Å². The zero-order valence-electron chi connectivity index (χ0n) is 17.2. The fourth-order valence-electron chi connectivity index (χ4n) is 2.92. The van der Waals surface area contributed by atoms with Gasteiger partial charge in [-0.15, -0.1) is 0 Å². The molecule has 0 aliphatic carbocycles. The summed E-state index contributed by atoms with van der Waals surface area (Å²) in [6.45, 7) is 7.81. The van der Waals surface area contributed by atoms with Gasteiger partial charge in [-0.05, 0) is 63.1 Å². The second-order valence-electron chi connectivity index (χ2n) is 6.97. The van der Waals surface area contributed by atoms with Crippen molar-refractivity contribution in [3.63, 3.8) is 0 Å². The molecule has 1 amide bonds. The molecule has 0 atom stereocenters. The van der Waals surface area contributed by atoms with Gasteiger partial charge < -0.3 is 15.4 Å². The van der Waals surface area contributed by atoms with E-state index in [9.17, 15) is 4.79 Å². The minimum absolute atomic E-state index is 0.100. The number of aryl methyl sites for hydroxylation is 2. The first-order valence-electron chi connectivity index (χ1n) is 9.73. The Morgan fingerprint density at radius 2 is 1.79 bits per heavy atom. The maximum atomic E-state index is 12.7. The van der Waals surface area contributed by atoms with Crippen molar-refractivity contribution < 1.29 is 9.53 Å². The first-order valence-corrected chi connectivity index (χ1v) is 9.73. The molecule has 1 aromatic heterocycles. The molecule has 29 heavy (non-hydrogen) atoms. The third kappa shape index (κ3) is 5.54. The molecule has 0 saturated heterocycles. The van der Waals surface area contributed by atoms with Crippen LogP contribution in [0, 0.1) is 6.92 Å². The molecule has 0 aliphatic heterocycles. The van der Waals surface area contributed by atoms with Crippen LogP contribution in [-0.4, -0.2) is 22.0 Å². The Kier molecular flexibility index (Phi) is 6.44. The SMILES string of the molecule is CCc1ccccc1Nc1cc(C(=O)Nc2ccc(OC(C)C)cc2)nc(C)n1. The third-order valence-electron chi connectivity index (χ3n) is 4.22. The number of ether oxygens (including phenoxy) is 1. The summed E-state index contributed by atoms with van der Waals surface area (Å²) in [4.78, 5) is 21.4. The number of anilines is 3. The number of carbonyl (C=O) groups is 1. The Morgan fingerprint density at radius 1 is 1.07 bits per heavy atom. The van der Waals surface area contributed by atoms with Gasteiger partial charge >= 0.3 is 0 Å². The molecule has 2 aromatic carbocycles. The summed E-state index contributed by atoms with van der Waals surface area (Å²) in [5.74, 6) is 1.58. The van der Waals surface area contributed by atoms with E-state index in [2.05, 4.69) is 33.6 Å². The molecule has 150 valence electrons. The second-order valence-corrected chi connectivity index (χ2v) is 6.97. The van der Waals surface area contributed by atoms with E-state index in [1.54, 1.807) is 25.1 Å². The smallest absolute Gasteiger partial charge is 0.274 e. The lowest BCUT2D eigenvalue weighted by Crippen LogP contribution is -2.15. The van der Waals surface area contributed by atoms with Crippen LogP contribution in [0.5, 0.6) is 5.75 Å². The Balaban J connectivity index is 1.75. The standard InChI is InChI=1S/C23H26N4O2/c1-5-17-8-6-7-9-20(17)27-22-14-21(24-16(4)25-22)23(28)26-18-10-12-19(13-11-18)29-15(2)3/h6-15H,5H2,1-4H3,(H,26,28)(H,24,25,27). The summed E-state index contributed by atoms with van der Waals surface area (Å²) in [6.07, 6.45) is 1.00. The fourth-order valence-corrected chi connectivity index (χ4v) is 2.92. The highest BCUT2D eigenvalue weighted by Gasteiger charge is 2.12. The molecule has 0 aliphatic rings. The Morgan fingerprint density at radius 3 is 2.48 bits per heavy atom. The number of benzene rings is 2. The predicted molar refractivity (Wildman–Crippen MR) is 116 cm³/mol. The van der Waals surface area contributed by atoms with Gasteiger partial charge in [0.25, 0.3) is 5.91 Å². The van der Waals surface area contributed by atoms with Crippen LogP contribution in [0.3, 0.4) is 0 Å². The van der Waals surface area contributed by atoms with Crippen LogP contribution >= 0.6 is 0 Å². The number of hydrogen-bond donors (Lipinski definition) is 2. The highest BCUT2D eigenvalue weighted by atomic mass is 16.5. The summed E-state index contributed by atoms with van der Waals surface area (Å²) in [7, 11) is 0. The van der Waals surface area contributed by atoms with Crippen molar-refractivity contribution >= 4 is 23.1 Å². The highest BCUT2D eigenvalue weighted by Crippen LogP contribution is 2.21. The lowest BCUT2D eigenvalue weighted by molar-refractivity contribution is 0.102. The molecule has 0 radical (unpaired) electrons. The first-order chi connectivity index (χ1) is 13.9. The number of amides is 1. The molecule has 0 fully saturated rings. The van der Waals surface area contributed by atoms with Crippen molar-refractivity contribution in [1.29, 1.82) is 0 Å². The van der Waals surface area contributed by atoms with Crippen LogP contribution in [-0.2, 0) is 6.42 Å². The van der Waals surface area contributed by atoms with Crippen molar-refractivity contribution in [2.24, 2.45) is 0 Å². The third-order valence-corrected chi connectivity index (χ3v) is 4.22. The molecule has 3 aromatic rings. The van der Waals surface area contributed by atoms with E-state index in [0.29, 0.717) is 23.0 Å². The lowest BCUT2D eigenvalue weighted by atomic mass is 10.1. The van der Waals surface area contributed by atoms with Gasteiger partial charge in [0.2, 0.25) is 0 Å². The largest absolute Gasteiger partial charge is 0.491 e. The van der Waals surface area contributed by atoms with E-state index in [0.717, 1.165) is 17.9 Å². The molecule has 6 heteroatoms. The molecule has 6 nitrogen and oxygen atoms in total. The monoisotopic (exact) mass is 390 g/mol. The molecule has 3 rings (SSSR count). The van der Waals surface area contributed by atoms with Gasteiger partial charge in [-0.3, -0.25) is 4.79 Å². The Bertz CT molecular complexity index is 984. The van der Waals surface area contributed by atoms with E-state index < -0.39 is 0 Å². The van der Waals surface area contributed by atoms with E-state index >= 15 is 0 Å². The van der Waals surface area contributed by atoms with Crippen molar-refractivity contribution in [2.45, 2.75) is 40.2 Å². The number of nitrogens with one attached hydrogen (secondary N) is 2. The fraction of sp³-hybridized carbons (Fsp3) is 0.261. The van der Waals surface area contributed by atoms with Gasteiger partial charge in [-0.1, -0.05) is 25.1 Å². The van der Waals surface area contributed by atoms with Crippen molar-refractivity contribution in [3.8, 4) is 5.75 Å². The maximum Gasteiger partial charge on any atom is 0.274 e. The van der Waals surface area contributed by atoms with Gasteiger partial charge in [-0.2, -0.15) is 0 Å². The van der Waals surface area contributed by atoms with Gasteiger partial charge in [0.15, 0.2) is 0 Å². The van der Waals surface area contributed by atoms with Gasteiger partial charge in [-0.25, -0.2) is 9.97 Å². The number of aromatic nitrogens is 2. The predicted octanol–water partition coefficient (Wildman–Crippen LogP) is 5.13. The van der Waals surface area contributed by atoms with Gasteiger partial charge in [0.1, 0.15) is 23.1 Å². The molecule has 1 heterocycles. The summed E-state index contributed by atoms with van der Waals surface area (Å²) in [5, 5.41) is 6.17. The van der Waals surface area contributed by atoms with Crippen LogP contribution in [0.15, 0.2) is 54.6 Å². The minimum Gasteiger partial charge on any atom is -0.491 e. The van der Waals surface area contributed by atoms with Crippen molar-refractivity contribution in [3.05, 3.63) is 71.7 Å². The number of hydrogen-bond acceptors (Lipinski definition) is 5. The topological polar surface area (TPSA) is 76.1 Å². The molecule has 0 unspecified atom stereocenters. The number of nitrogens with zero attached hydrogens (tertiary/aromatic N) is 2. The van der Waals surface area contributed by atoms with Crippen LogP contribution < -0.4 is 15.4 Å². The Hall–Kier alpha value is -3.41. The van der Waals surface area contributed by atoms with Crippen LogP contribution in [0.1, 0.15) is 42.6 Å². The first kappa shape index (κ1) is 20.3. The number of para-hydroxylation sites is 1. The average molecular weight is 390 g/mol. The molecule has 0 saturated carbocycles. The number of carbonyl (C=O) groups excluding carboxylic acids is 1. The van der Waals surface area contributed by atoms with E-state index in [4.69, 9.17) is 4.74 Å². The highest BCUT2D eigenvalue weighted by molar-refractivity contribution is 6.03. The lowest BCUT2D eigenvalue weighted by Gasteiger charge is -2.12. The quantitative estimate of drug-likeness (QED) is 0.585. The molecule has 0 spiro atoms. The summed E-state index contributed by atoms with van der Waals surface area (Å²) >= 11 is 0. The summed E-state index contributed by atoms with van der Waals surface area (Å²) < 4.78 is 5.62. The average Bonchev–Trinajstić information content (AvgIpc) is 2.69. The zero-order valence-corrected chi connectivity index (χ0v) is 17.2. The maximum absolute atomic E-state index is 12.7. The van der Waals surface area contributed by atoms with Crippen LogP contribution in [0.25, 0.3) is 0 Å². The summed E-state index contributed by atoms with van der Waals surface area (Å²) in [6, 6.07) is 17.0. The molecular formula is C23H26N4O2. The van der Waals surface area contributed by atoms with Crippen LogP contribution in [0.2, 0.25) is 0 Å². The Labute approximate surface area is 171 Å². The second kappa shape index (κ2) is 9.19. The van der Waals surface area contributed by atoms with E-state index in [-0.39, 0.29) is 12.0 Å². The summed E-state index contributed by atoms with van der Waals surface area (Å²) in [5.41, 5.74) is 3.13. The van der Waals surface area contributed by atoms with Gasteiger partial charge in [0, 0.05) is 17.4 Å². The molecular weight excluding hydrogens is 364 g/mol. The van der Waals surface area contributed by atoms with Gasteiger partial charge in [0.05, 0.1) is 6.10 Å². The van der Waals surface area contributed by atoms with E-state index in [1.165, 1.54) is 5.56 Å². The van der Waals surface area contributed by atoms with Crippen molar-refractivity contribution in [1.82, 2.24) is 9.97 Å². The molecule has 2 N–H and O–H groups in total. The van der Waals surface area contributed by atoms with Crippen LogP contribution in [0.4, 0.5) is 17.2 Å². The molecule has 0 bridgehead atoms. The minimum atomic E-state index is -0.292. The normalized spacial score (nSPS) is 10.7. The van der Waals surface area contributed by atoms with Crippen molar-refractivity contribution in [2.75, 3.05) is 10.6 Å².